The number of ether oxygens (including phenoxy) is 2. The summed E-state index contributed by atoms with van der Waals surface area (Å²) in [5.74, 6) is -0.893. The molecule has 2 aromatic rings. The Morgan fingerprint density at radius 2 is 2.00 bits per heavy atom. The normalized spacial score (nSPS) is 22.3. The van der Waals surface area contributed by atoms with E-state index in [4.69, 9.17) is 9.47 Å². The van der Waals surface area contributed by atoms with Gasteiger partial charge in [0.05, 0.1) is 24.3 Å². The van der Waals surface area contributed by atoms with E-state index >= 15 is 0 Å². The smallest absolute Gasteiger partial charge is 0.319 e. The van der Waals surface area contributed by atoms with E-state index in [0.717, 1.165) is 30.5 Å². The molecule has 11 heteroatoms. The number of rotatable bonds is 11. The SMILES string of the molecule is CCCCN(C(=O)CN1C[C@H](c2ccc3c(c2)OCO3)[C@@H](C(=O)O)[C@@H]1CCN1CCCN(C)C1=O)c1cccnc1. The summed E-state index contributed by atoms with van der Waals surface area (Å²) in [5, 5.41) is 10.5. The Labute approximate surface area is 240 Å². The van der Waals surface area contributed by atoms with E-state index in [1.165, 1.54) is 0 Å². The van der Waals surface area contributed by atoms with Crippen molar-refractivity contribution in [2.24, 2.45) is 5.92 Å². The number of carboxylic acids is 1. The quantitative estimate of drug-likeness (QED) is 0.442. The minimum Gasteiger partial charge on any atom is -0.481 e. The number of nitrogens with zero attached hydrogens (tertiary/aromatic N) is 5. The highest BCUT2D eigenvalue weighted by Gasteiger charge is 2.47. The first kappa shape index (κ1) is 28.7. The van der Waals surface area contributed by atoms with E-state index in [1.807, 2.05) is 35.2 Å². The standard InChI is InChI=1S/C30H39N5O6/c1-3-4-14-35(22-7-5-11-31-17-22)27(36)19-34-18-23(21-8-9-25-26(16-21)41-20-40-25)28(29(37)38)24(34)10-15-33-13-6-12-32(2)30(33)39/h5,7-9,11,16-17,23-24,28H,3-4,6,10,12-15,18-20H2,1-2H3,(H,37,38)/t23-,24+,28-/m1/s1. The average Bonchev–Trinajstić information content (AvgIpc) is 3.59. The molecule has 3 atom stereocenters. The van der Waals surface area contributed by atoms with Crippen molar-refractivity contribution in [3.8, 4) is 11.5 Å². The summed E-state index contributed by atoms with van der Waals surface area (Å²) in [4.78, 5) is 50.9. The van der Waals surface area contributed by atoms with Gasteiger partial charge in [-0.1, -0.05) is 19.4 Å². The lowest BCUT2D eigenvalue weighted by atomic mass is 9.84. The number of likely N-dealkylation sites (tertiary alicyclic amines) is 1. The molecular formula is C30H39N5O6. The summed E-state index contributed by atoms with van der Waals surface area (Å²) in [6, 6.07) is 8.77. The molecule has 220 valence electrons. The van der Waals surface area contributed by atoms with Crippen LogP contribution in [0, 0.1) is 5.92 Å². The molecule has 0 radical (unpaired) electrons. The fraction of sp³-hybridized carbons (Fsp3) is 0.533. The lowest BCUT2D eigenvalue weighted by Crippen LogP contribution is -2.50. The van der Waals surface area contributed by atoms with Crippen LogP contribution in [0.4, 0.5) is 10.5 Å². The molecule has 1 aromatic heterocycles. The first-order chi connectivity index (χ1) is 19.9. The minimum absolute atomic E-state index is 0.0432. The van der Waals surface area contributed by atoms with Gasteiger partial charge in [0.25, 0.3) is 0 Å². The Morgan fingerprint density at radius 3 is 2.76 bits per heavy atom. The number of hydrogen-bond acceptors (Lipinski definition) is 7. The molecule has 0 unspecified atom stereocenters. The summed E-state index contributed by atoms with van der Waals surface area (Å²) >= 11 is 0. The number of unbranched alkanes of at least 4 members (excludes halogenated alkanes) is 1. The number of amides is 3. The number of pyridine rings is 1. The zero-order chi connectivity index (χ0) is 28.9. The minimum atomic E-state index is -0.912. The number of aromatic nitrogens is 1. The number of fused-ring (bicyclic) bond motifs is 1. The third kappa shape index (κ3) is 6.24. The number of benzene rings is 1. The Hall–Kier alpha value is -3.86. The maximum absolute atomic E-state index is 13.8. The Kier molecular flexibility index (Phi) is 8.92. The van der Waals surface area contributed by atoms with Crippen LogP contribution < -0.4 is 14.4 Å². The van der Waals surface area contributed by atoms with Gasteiger partial charge in [-0.15, -0.1) is 0 Å². The number of anilines is 1. The Bertz CT molecular complexity index is 1240. The van der Waals surface area contributed by atoms with Crippen LogP contribution in [0.5, 0.6) is 11.5 Å². The zero-order valence-electron chi connectivity index (χ0n) is 23.8. The number of aliphatic carboxylic acids is 1. The molecule has 0 aliphatic carbocycles. The largest absolute Gasteiger partial charge is 0.481 e. The van der Waals surface area contributed by atoms with Gasteiger partial charge in [-0.2, -0.15) is 0 Å². The fourth-order valence-corrected chi connectivity index (χ4v) is 6.25. The van der Waals surface area contributed by atoms with Gasteiger partial charge in [0, 0.05) is 57.9 Å². The predicted molar refractivity (Wildman–Crippen MR) is 152 cm³/mol. The van der Waals surface area contributed by atoms with E-state index in [0.29, 0.717) is 50.6 Å². The molecule has 3 aliphatic rings. The number of carbonyl (C=O) groups excluding carboxylic acids is 2. The molecule has 0 saturated carbocycles. The van der Waals surface area contributed by atoms with Gasteiger partial charge in [0.1, 0.15) is 0 Å². The van der Waals surface area contributed by atoms with E-state index in [-0.39, 0.29) is 31.2 Å². The number of carboxylic acid groups (broad SMARTS) is 1. The summed E-state index contributed by atoms with van der Waals surface area (Å²) in [7, 11) is 1.79. The van der Waals surface area contributed by atoms with Crippen molar-refractivity contribution in [2.75, 3.05) is 58.0 Å². The van der Waals surface area contributed by atoms with E-state index in [2.05, 4.69) is 11.9 Å². The first-order valence-electron chi connectivity index (χ1n) is 14.4. The highest BCUT2D eigenvalue weighted by molar-refractivity contribution is 5.94. The second-order valence-electron chi connectivity index (χ2n) is 11.0. The third-order valence-electron chi connectivity index (χ3n) is 8.40. The molecule has 1 aromatic carbocycles. The average molecular weight is 566 g/mol. The predicted octanol–water partition coefficient (Wildman–Crippen LogP) is 3.26. The van der Waals surface area contributed by atoms with Crippen LogP contribution in [0.25, 0.3) is 0 Å². The third-order valence-corrected chi connectivity index (χ3v) is 8.40. The van der Waals surface area contributed by atoms with E-state index in [1.54, 1.807) is 34.1 Å². The van der Waals surface area contributed by atoms with Gasteiger partial charge in [-0.25, -0.2) is 4.79 Å². The molecule has 4 heterocycles. The number of carbonyl (C=O) groups is 3. The maximum atomic E-state index is 13.8. The van der Waals surface area contributed by atoms with Crippen molar-refractivity contribution in [1.82, 2.24) is 19.7 Å². The lowest BCUT2D eigenvalue weighted by molar-refractivity contribution is -0.143. The molecule has 1 N–H and O–H groups in total. The van der Waals surface area contributed by atoms with Gasteiger partial charge in [0.15, 0.2) is 11.5 Å². The van der Waals surface area contributed by atoms with Gasteiger partial charge in [-0.05, 0) is 49.1 Å². The van der Waals surface area contributed by atoms with Crippen molar-refractivity contribution >= 4 is 23.6 Å². The van der Waals surface area contributed by atoms with Crippen molar-refractivity contribution in [3.63, 3.8) is 0 Å². The molecule has 3 aliphatic heterocycles. The molecule has 41 heavy (non-hydrogen) atoms. The molecule has 0 spiro atoms. The van der Waals surface area contributed by atoms with Gasteiger partial charge < -0.3 is 29.3 Å². The van der Waals surface area contributed by atoms with Crippen LogP contribution >= 0.6 is 0 Å². The highest BCUT2D eigenvalue weighted by Crippen LogP contribution is 2.43. The van der Waals surface area contributed by atoms with E-state index in [9.17, 15) is 19.5 Å². The van der Waals surface area contributed by atoms with Crippen LogP contribution in [0.1, 0.15) is 44.1 Å². The maximum Gasteiger partial charge on any atom is 0.319 e. The van der Waals surface area contributed by atoms with Gasteiger partial charge >= 0.3 is 12.0 Å². The molecule has 3 amide bonds. The summed E-state index contributed by atoms with van der Waals surface area (Å²) < 4.78 is 11.0. The second kappa shape index (κ2) is 12.8. The fourth-order valence-electron chi connectivity index (χ4n) is 6.25. The van der Waals surface area contributed by atoms with Crippen molar-refractivity contribution in [1.29, 1.82) is 0 Å². The highest BCUT2D eigenvalue weighted by atomic mass is 16.7. The van der Waals surface area contributed by atoms with Crippen molar-refractivity contribution in [2.45, 2.75) is 44.6 Å². The van der Waals surface area contributed by atoms with Gasteiger partial charge in [-0.3, -0.25) is 19.5 Å². The van der Waals surface area contributed by atoms with Crippen LogP contribution in [-0.2, 0) is 9.59 Å². The summed E-state index contributed by atoms with van der Waals surface area (Å²) in [6.07, 6.45) is 6.45. The van der Waals surface area contributed by atoms with Crippen LogP contribution in [-0.4, -0.2) is 102 Å². The molecule has 2 fully saturated rings. The molecular weight excluding hydrogens is 526 g/mol. The molecule has 11 nitrogen and oxygen atoms in total. The molecule has 5 rings (SSSR count). The monoisotopic (exact) mass is 565 g/mol. The first-order valence-corrected chi connectivity index (χ1v) is 14.4. The Morgan fingerprint density at radius 1 is 1.17 bits per heavy atom. The summed E-state index contributed by atoms with van der Waals surface area (Å²) in [5.41, 5.74) is 1.57. The van der Waals surface area contributed by atoms with E-state index < -0.39 is 17.9 Å². The number of hydrogen-bond donors (Lipinski definition) is 1. The van der Waals surface area contributed by atoms with Crippen LogP contribution in [0.15, 0.2) is 42.7 Å². The number of urea groups is 1. The lowest BCUT2D eigenvalue weighted by Gasteiger charge is -2.35. The van der Waals surface area contributed by atoms with Crippen LogP contribution in [0.2, 0.25) is 0 Å². The van der Waals surface area contributed by atoms with Crippen molar-refractivity contribution in [3.05, 3.63) is 48.3 Å². The topological polar surface area (TPSA) is 116 Å². The molecule has 0 bridgehead atoms. The summed E-state index contributed by atoms with van der Waals surface area (Å²) in [6.45, 7) is 5.03. The van der Waals surface area contributed by atoms with Crippen molar-refractivity contribution < 1.29 is 29.0 Å². The van der Waals surface area contributed by atoms with Crippen LogP contribution in [0.3, 0.4) is 0 Å². The second-order valence-corrected chi connectivity index (χ2v) is 11.0. The zero-order valence-corrected chi connectivity index (χ0v) is 23.8. The Balaban J connectivity index is 1.42. The molecule has 2 saturated heterocycles. The van der Waals surface area contributed by atoms with Gasteiger partial charge in [0.2, 0.25) is 12.7 Å².